The fourth-order valence-electron chi connectivity index (χ4n) is 4.74. The second kappa shape index (κ2) is 15.4. The Balaban J connectivity index is 0.00000481. The van der Waals surface area contributed by atoms with Gasteiger partial charge in [-0.25, -0.2) is 4.79 Å². The fraction of sp³-hybridized carbons (Fsp3) is 0.615. The Morgan fingerprint density at radius 2 is 1.81 bits per heavy atom. The lowest BCUT2D eigenvalue weighted by Gasteiger charge is -2.35. The first-order chi connectivity index (χ1) is 17.5. The summed E-state index contributed by atoms with van der Waals surface area (Å²) < 4.78 is 10.1. The normalized spacial score (nSPS) is 16.5. The molecule has 0 bridgehead atoms. The van der Waals surface area contributed by atoms with E-state index in [-0.39, 0.29) is 24.9 Å². The number of carbonyl (C=O) groups excluding carboxylic acids is 4. The van der Waals surface area contributed by atoms with Crippen LogP contribution < -0.4 is 15.5 Å². The van der Waals surface area contributed by atoms with E-state index >= 15 is 0 Å². The first-order valence-electron chi connectivity index (χ1n) is 12.8. The van der Waals surface area contributed by atoms with Gasteiger partial charge in [0, 0.05) is 25.3 Å². The summed E-state index contributed by atoms with van der Waals surface area (Å²) >= 11 is 0. The molecule has 0 spiro atoms. The van der Waals surface area contributed by atoms with E-state index in [1.807, 2.05) is 24.3 Å². The summed E-state index contributed by atoms with van der Waals surface area (Å²) in [6.07, 6.45) is 3.92. The number of unbranched alkanes of at least 4 members (excludes halogenated alkanes) is 2. The van der Waals surface area contributed by atoms with Gasteiger partial charge in [0.1, 0.15) is 5.92 Å². The van der Waals surface area contributed by atoms with Gasteiger partial charge in [-0.1, -0.05) is 44.4 Å². The van der Waals surface area contributed by atoms with Gasteiger partial charge in [0.2, 0.25) is 17.7 Å². The smallest absolute Gasteiger partial charge is 0.407 e. The molecule has 2 N–H and O–H groups in total. The van der Waals surface area contributed by atoms with E-state index in [1.165, 1.54) is 7.11 Å². The SMILES string of the molecule is CCCCC[C@H](NC(=O)OC)C(C(=O)NCC(=O)N1CCOCC1)C(=O)N1CCCc2ccccc21.Cl. The molecule has 1 aromatic carbocycles. The molecule has 0 aliphatic carbocycles. The molecule has 2 atom stereocenters. The minimum absolute atomic E-state index is 0. The van der Waals surface area contributed by atoms with Crippen LogP contribution in [0.2, 0.25) is 0 Å². The van der Waals surface area contributed by atoms with Crippen LogP contribution in [0, 0.1) is 5.92 Å². The van der Waals surface area contributed by atoms with E-state index in [1.54, 1.807) is 9.80 Å². The average molecular weight is 539 g/mol. The molecule has 2 heterocycles. The number of morpholine rings is 1. The molecule has 2 aliphatic heterocycles. The molecule has 1 unspecified atom stereocenters. The average Bonchev–Trinajstić information content (AvgIpc) is 2.91. The number of anilines is 1. The number of rotatable bonds is 10. The van der Waals surface area contributed by atoms with Crippen molar-refractivity contribution in [2.45, 2.75) is 51.5 Å². The Hall–Kier alpha value is -2.85. The highest BCUT2D eigenvalue weighted by molar-refractivity contribution is 6.09. The number of nitrogens with zero attached hydrogens (tertiary/aromatic N) is 2. The van der Waals surface area contributed by atoms with E-state index in [0.717, 1.165) is 43.4 Å². The number of ether oxygens (including phenoxy) is 2. The third-order valence-electron chi connectivity index (χ3n) is 6.71. The van der Waals surface area contributed by atoms with Crippen LogP contribution in [-0.4, -0.2) is 81.3 Å². The molecule has 10 nitrogen and oxygen atoms in total. The molecule has 2 aliphatic rings. The minimum Gasteiger partial charge on any atom is -0.453 e. The van der Waals surface area contributed by atoms with Crippen molar-refractivity contribution in [1.29, 1.82) is 0 Å². The third kappa shape index (κ3) is 8.33. The maximum Gasteiger partial charge on any atom is 0.407 e. The summed E-state index contributed by atoms with van der Waals surface area (Å²) in [6.45, 7) is 4.15. The third-order valence-corrected chi connectivity index (χ3v) is 6.71. The number of carbonyl (C=O) groups is 4. The predicted molar refractivity (Wildman–Crippen MR) is 142 cm³/mol. The van der Waals surface area contributed by atoms with Crippen LogP contribution in [0.3, 0.4) is 0 Å². The number of hydrogen-bond acceptors (Lipinski definition) is 6. The predicted octanol–water partition coefficient (Wildman–Crippen LogP) is 2.28. The maximum absolute atomic E-state index is 14.0. The van der Waals surface area contributed by atoms with E-state index in [4.69, 9.17) is 9.47 Å². The van der Waals surface area contributed by atoms with Gasteiger partial charge in [0.25, 0.3) is 0 Å². The van der Waals surface area contributed by atoms with Crippen LogP contribution in [0.5, 0.6) is 0 Å². The van der Waals surface area contributed by atoms with Crippen molar-refractivity contribution in [1.82, 2.24) is 15.5 Å². The molecular weight excluding hydrogens is 500 g/mol. The first-order valence-corrected chi connectivity index (χ1v) is 12.8. The monoisotopic (exact) mass is 538 g/mol. The summed E-state index contributed by atoms with van der Waals surface area (Å²) in [5.41, 5.74) is 1.82. The number of para-hydroxylation sites is 1. The lowest BCUT2D eigenvalue weighted by Crippen LogP contribution is -2.56. The second-order valence-corrected chi connectivity index (χ2v) is 9.15. The molecule has 1 fully saturated rings. The number of methoxy groups -OCH3 is 1. The Morgan fingerprint density at radius 3 is 2.51 bits per heavy atom. The van der Waals surface area contributed by atoms with Crippen molar-refractivity contribution in [2.75, 3.05) is 51.4 Å². The molecule has 37 heavy (non-hydrogen) atoms. The molecule has 3 rings (SSSR count). The maximum atomic E-state index is 14.0. The van der Waals surface area contributed by atoms with E-state index in [2.05, 4.69) is 17.6 Å². The zero-order valence-corrected chi connectivity index (χ0v) is 22.5. The Kier molecular flexibility index (Phi) is 12.7. The zero-order chi connectivity index (χ0) is 25.9. The van der Waals surface area contributed by atoms with Crippen LogP contribution >= 0.6 is 12.4 Å². The minimum atomic E-state index is -1.20. The van der Waals surface area contributed by atoms with Gasteiger partial charge in [-0.05, 0) is 30.9 Å². The van der Waals surface area contributed by atoms with Crippen LogP contribution in [0.15, 0.2) is 24.3 Å². The first kappa shape index (κ1) is 30.4. The van der Waals surface area contributed by atoms with Crippen molar-refractivity contribution in [3.8, 4) is 0 Å². The van der Waals surface area contributed by atoms with E-state index in [0.29, 0.717) is 39.3 Å². The number of alkyl carbamates (subject to hydrolysis) is 1. The van der Waals surface area contributed by atoms with Gasteiger partial charge in [-0.15, -0.1) is 12.4 Å². The van der Waals surface area contributed by atoms with Crippen molar-refractivity contribution in [3.05, 3.63) is 29.8 Å². The van der Waals surface area contributed by atoms with Crippen LogP contribution in [0.25, 0.3) is 0 Å². The molecule has 0 aromatic heterocycles. The topological polar surface area (TPSA) is 117 Å². The molecular formula is C26H39ClN4O6. The number of nitrogens with one attached hydrogen (secondary N) is 2. The molecule has 0 saturated carbocycles. The molecule has 11 heteroatoms. The van der Waals surface area contributed by atoms with Gasteiger partial charge in [-0.3, -0.25) is 14.4 Å². The quantitative estimate of drug-likeness (QED) is 0.349. The fourth-order valence-corrected chi connectivity index (χ4v) is 4.74. The van der Waals surface area contributed by atoms with Crippen LogP contribution in [0.1, 0.15) is 44.6 Å². The number of hydrogen-bond donors (Lipinski definition) is 2. The van der Waals surface area contributed by atoms with Crippen molar-refractivity contribution < 1.29 is 28.7 Å². The van der Waals surface area contributed by atoms with Crippen molar-refractivity contribution in [2.24, 2.45) is 5.92 Å². The molecule has 0 radical (unpaired) electrons. The summed E-state index contributed by atoms with van der Waals surface area (Å²) in [6, 6.07) is 6.88. The summed E-state index contributed by atoms with van der Waals surface area (Å²) in [4.78, 5) is 55.6. The Morgan fingerprint density at radius 1 is 1.08 bits per heavy atom. The second-order valence-electron chi connectivity index (χ2n) is 9.15. The molecule has 206 valence electrons. The van der Waals surface area contributed by atoms with Gasteiger partial charge >= 0.3 is 6.09 Å². The Bertz CT molecular complexity index is 924. The van der Waals surface area contributed by atoms with E-state index in [9.17, 15) is 19.2 Å². The van der Waals surface area contributed by atoms with Crippen LogP contribution in [0.4, 0.5) is 10.5 Å². The highest BCUT2D eigenvalue weighted by Gasteiger charge is 2.40. The number of halogens is 1. The van der Waals surface area contributed by atoms with Gasteiger partial charge < -0.3 is 29.9 Å². The van der Waals surface area contributed by atoms with Gasteiger partial charge in [-0.2, -0.15) is 0 Å². The van der Waals surface area contributed by atoms with Gasteiger partial charge in [0.05, 0.1) is 32.9 Å². The molecule has 4 amide bonds. The Labute approximate surface area is 224 Å². The molecule has 1 aromatic rings. The van der Waals surface area contributed by atoms with Crippen molar-refractivity contribution in [3.63, 3.8) is 0 Å². The largest absolute Gasteiger partial charge is 0.453 e. The van der Waals surface area contributed by atoms with Crippen LogP contribution in [-0.2, 0) is 30.3 Å². The zero-order valence-electron chi connectivity index (χ0n) is 21.7. The lowest BCUT2D eigenvalue weighted by atomic mass is 9.90. The summed E-state index contributed by atoms with van der Waals surface area (Å²) in [7, 11) is 1.25. The number of amides is 4. The number of benzene rings is 1. The highest BCUT2D eigenvalue weighted by atomic mass is 35.5. The standard InChI is InChI=1S/C26H38N4O6.ClH/c1-3-4-5-11-20(28-26(34)35-2)23(24(32)27-18-22(31)29-14-16-36-17-15-29)25(33)30-13-8-10-19-9-6-7-12-21(19)30;/h6-7,9,12,20,23H,3-5,8,10-11,13-18H2,1-2H3,(H,27,32)(H,28,34);1H/t20-,23?;/m0./s1. The highest BCUT2D eigenvalue weighted by Crippen LogP contribution is 2.29. The number of fused-ring (bicyclic) bond motifs is 1. The summed E-state index contributed by atoms with van der Waals surface area (Å²) in [5, 5.41) is 5.40. The summed E-state index contributed by atoms with van der Waals surface area (Å²) in [5.74, 6) is -2.41. The molecule has 1 saturated heterocycles. The lowest BCUT2D eigenvalue weighted by molar-refractivity contribution is -0.140. The van der Waals surface area contributed by atoms with Gasteiger partial charge in [0.15, 0.2) is 0 Å². The number of aryl methyl sites for hydroxylation is 1. The van der Waals surface area contributed by atoms with Crippen molar-refractivity contribution >= 4 is 41.9 Å². The van der Waals surface area contributed by atoms with E-state index < -0.39 is 29.9 Å².